The fourth-order valence-electron chi connectivity index (χ4n) is 2.20. The Balaban J connectivity index is 1.60. The lowest BCUT2D eigenvalue weighted by Gasteiger charge is -2.07. The maximum Gasteiger partial charge on any atom is 0.231 e. The Labute approximate surface area is 120 Å². The molecule has 0 radical (unpaired) electrons. The van der Waals surface area contributed by atoms with Crippen molar-refractivity contribution in [3.8, 4) is 11.5 Å². The molecule has 1 aromatic carbocycles. The Hall–Kier alpha value is -0.870. The van der Waals surface area contributed by atoms with Crippen molar-refractivity contribution >= 4 is 11.8 Å². The molecule has 0 atom stereocenters. The number of para-hydroxylation sites is 1. The minimum absolute atomic E-state index is 0.349. The summed E-state index contributed by atoms with van der Waals surface area (Å²) in [7, 11) is 0. The van der Waals surface area contributed by atoms with Gasteiger partial charge in [0.05, 0.1) is 0 Å². The maximum absolute atomic E-state index is 5.49. The van der Waals surface area contributed by atoms with E-state index in [-0.39, 0.29) is 0 Å². The highest BCUT2D eigenvalue weighted by Gasteiger charge is 2.16. The van der Waals surface area contributed by atoms with Gasteiger partial charge < -0.3 is 14.8 Å². The number of unbranched alkanes of at least 4 members (excludes halogenated alkanes) is 3. The normalized spacial score (nSPS) is 12.9. The summed E-state index contributed by atoms with van der Waals surface area (Å²) in [5.74, 6) is 3.08. The Bertz CT molecular complexity index is 384. The molecule has 0 unspecified atom stereocenters. The van der Waals surface area contributed by atoms with Crippen LogP contribution >= 0.6 is 11.8 Å². The molecule has 1 aromatic rings. The molecule has 19 heavy (non-hydrogen) atoms. The Kier molecular flexibility index (Phi) is 6.37. The average Bonchev–Trinajstić information content (AvgIpc) is 2.91. The summed E-state index contributed by atoms with van der Waals surface area (Å²) < 4.78 is 10.9. The first kappa shape index (κ1) is 14.5. The van der Waals surface area contributed by atoms with E-state index in [1.807, 2.05) is 23.9 Å². The largest absolute Gasteiger partial charge is 0.454 e. The molecule has 1 aliphatic heterocycles. The van der Waals surface area contributed by atoms with Gasteiger partial charge in [-0.25, -0.2) is 0 Å². The minimum atomic E-state index is 0.349. The number of fused-ring (bicyclic) bond motifs is 1. The maximum atomic E-state index is 5.49. The van der Waals surface area contributed by atoms with Crippen LogP contribution in [-0.4, -0.2) is 25.3 Å². The number of hydrogen-bond donors (Lipinski definition) is 1. The van der Waals surface area contributed by atoms with Crippen molar-refractivity contribution in [1.82, 2.24) is 5.32 Å². The molecule has 2 rings (SSSR count). The first-order chi connectivity index (χ1) is 9.42. The van der Waals surface area contributed by atoms with E-state index in [1.165, 1.54) is 37.0 Å². The first-order valence-corrected chi connectivity index (χ1v) is 8.38. The molecule has 0 saturated heterocycles. The van der Waals surface area contributed by atoms with E-state index in [9.17, 15) is 0 Å². The zero-order valence-corrected chi connectivity index (χ0v) is 12.4. The summed E-state index contributed by atoms with van der Waals surface area (Å²) in [4.78, 5) is 0. The third kappa shape index (κ3) is 4.62. The Morgan fingerprint density at radius 1 is 1.16 bits per heavy atom. The van der Waals surface area contributed by atoms with Crippen molar-refractivity contribution in [2.24, 2.45) is 0 Å². The number of hydrogen-bond acceptors (Lipinski definition) is 4. The van der Waals surface area contributed by atoms with Gasteiger partial charge >= 0.3 is 0 Å². The van der Waals surface area contributed by atoms with Crippen LogP contribution in [0.1, 0.15) is 31.2 Å². The number of ether oxygens (including phenoxy) is 2. The summed E-state index contributed by atoms with van der Waals surface area (Å²) in [5.41, 5.74) is 1.19. The molecular formula is C15H23NO2S. The molecule has 1 N–H and O–H groups in total. The van der Waals surface area contributed by atoms with E-state index in [0.717, 1.165) is 24.6 Å². The topological polar surface area (TPSA) is 30.5 Å². The van der Waals surface area contributed by atoms with Gasteiger partial charge in [0.2, 0.25) is 6.79 Å². The van der Waals surface area contributed by atoms with Gasteiger partial charge in [-0.05, 0) is 37.5 Å². The van der Waals surface area contributed by atoms with E-state index in [2.05, 4.69) is 17.6 Å². The molecule has 3 nitrogen and oxygen atoms in total. The van der Waals surface area contributed by atoms with Crippen LogP contribution in [0.2, 0.25) is 0 Å². The predicted molar refractivity (Wildman–Crippen MR) is 81.1 cm³/mol. The summed E-state index contributed by atoms with van der Waals surface area (Å²) in [5, 5.41) is 3.48. The SMILES string of the molecule is CSCCCCCCNCc1cccc2c1OCO2. The monoisotopic (exact) mass is 281 g/mol. The van der Waals surface area contributed by atoms with E-state index in [4.69, 9.17) is 9.47 Å². The van der Waals surface area contributed by atoms with Crippen LogP contribution in [0.3, 0.4) is 0 Å². The average molecular weight is 281 g/mol. The smallest absolute Gasteiger partial charge is 0.231 e. The molecule has 1 heterocycles. The van der Waals surface area contributed by atoms with Gasteiger partial charge in [-0.3, -0.25) is 0 Å². The van der Waals surface area contributed by atoms with Crippen molar-refractivity contribution in [2.45, 2.75) is 32.2 Å². The molecule has 4 heteroatoms. The number of benzene rings is 1. The third-order valence-electron chi connectivity index (χ3n) is 3.25. The minimum Gasteiger partial charge on any atom is -0.454 e. The highest BCUT2D eigenvalue weighted by atomic mass is 32.2. The van der Waals surface area contributed by atoms with E-state index in [0.29, 0.717) is 6.79 Å². The molecule has 0 bridgehead atoms. The molecule has 0 saturated carbocycles. The highest BCUT2D eigenvalue weighted by molar-refractivity contribution is 7.98. The van der Waals surface area contributed by atoms with Crippen molar-refractivity contribution in [2.75, 3.05) is 25.3 Å². The van der Waals surface area contributed by atoms with E-state index in [1.54, 1.807) is 0 Å². The van der Waals surface area contributed by atoms with Crippen LogP contribution in [0, 0.1) is 0 Å². The molecule has 0 amide bonds. The Morgan fingerprint density at radius 2 is 2.05 bits per heavy atom. The second-order valence-corrected chi connectivity index (χ2v) is 5.72. The van der Waals surface area contributed by atoms with Crippen molar-refractivity contribution in [3.05, 3.63) is 23.8 Å². The number of thioether (sulfide) groups is 1. The molecule has 0 fully saturated rings. The van der Waals surface area contributed by atoms with Crippen molar-refractivity contribution < 1.29 is 9.47 Å². The fourth-order valence-corrected chi connectivity index (χ4v) is 2.70. The second-order valence-electron chi connectivity index (χ2n) is 4.73. The van der Waals surface area contributed by atoms with Gasteiger partial charge in [0.25, 0.3) is 0 Å². The molecule has 0 aliphatic carbocycles. The number of rotatable bonds is 9. The lowest BCUT2D eigenvalue weighted by atomic mass is 10.1. The molecule has 106 valence electrons. The highest BCUT2D eigenvalue weighted by Crippen LogP contribution is 2.35. The van der Waals surface area contributed by atoms with Crippen molar-refractivity contribution in [3.63, 3.8) is 0 Å². The molecule has 0 spiro atoms. The quantitative estimate of drug-likeness (QED) is 0.703. The summed E-state index contributed by atoms with van der Waals surface area (Å²) >= 11 is 1.94. The standard InChI is InChI=1S/C15H23NO2S/c1-19-10-5-3-2-4-9-16-11-13-7-6-8-14-15(13)18-12-17-14/h6-8,16H,2-5,9-12H2,1H3. The zero-order chi connectivity index (χ0) is 13.3. The van der Waals surface area contributed by atoms with Gasteiger partial charge in [-0.1, -0.05) is 25.0 Å². The zero-order valence-electron chi connectivity index (χ0n) is 11.6. The van der Waals surface area contributed by atoms with Crippen LogP contribution < -0.4 is 14.8 Å². The summed E-state index contributed by atoms with van der Waals surface area (Å²) in [6, 6.07) is 6.07. The lowest BCUT2D eigenvalue weighted by Crippen LogP contribution is -2.15. The molecule has 0 aromatic heterocycles. The van der Waals surface area contributed by atoms with Crippen LogP contribution in [-0.2, 0) is 6.54 Å². The van der Waals surface area contributed by atoms with Gasteiger partial charge in [-0.2, -0.15) is 11.8 Å². The fraction of sp³-hybridized carbons (Fsp3) is 0.600. The van der Waals surface area contributed by atoms with E-state index < -0.39 is 0 Å². The Morgan fingerprint density at radius 3 is 2.95 bits per heavy atom. The summed E-state index contributed by atoms with van der Waals surface area (Å²) in [6.45, 7) is 2.28. The lowest BCUT2D eigenvalue weighted by molar-refractivity contribution is 0.173. The van der Waals surface area contributed by atoms with Gasteiger partial charge in [-0.15, -0.1) is 0 Å². The van der Waals surface area contributed by atoms with Crippen LogP contribution in [0.4, 0.5) is 0 Å². The number of nitrogens with one attached hydrogen (secondary N) is 1. The second kappa shape index (κ2) is 8.33. The van der Waals surface area contributed by atoms with Crippen molar-refractivity contribution in [1.29, 1.82) is 0 Å². The summed E-state index contributed by atoms with van der Waals surface area (Å²) in [6.07, 6.45) is 7.44. The van der Waals surface area contributed by atoms with Gasteiger partial charge in [0.1, 0.15) is 0 Å². The molecule has 1 aliphatic rings. The van der Waals surface area contributed by atoms with E-state index >= 15 is 0 Å². The predicted octanol–water partition coefficient (Wildman–Crippen LogP) is 3.43. The first-order valence-electron chi connectivity index (χ1n) is 6.99. The van der Waals surface area contributed by atoms with Gasteiger partial charge in [0.15, 0.2) is 11.5 Å². The molecular weight excluding hydrogens is 258 g/mol. The van der Waals surface area contributed by atoms with Crippen LogP contribution in [0.25, 0.3) is 0 Å². The van der Waals surface area contributed by atoms with Gasteiger partial charge in [0, 0.05) is 12.1 Å². The van der Waals surface area contributed by atoms with Crippen LogP contribution in [0.15, 0.2) is 18.2 Å². The van der Waals surface area contributed by atoms with Crippen LogP contribution in [0.5, 0.6) is 11.5 Å². The third-order valence-corrected chi connectivity index (χ3v) is 3.94.